The molecule has 5 nitrogen and oxygen atoms in total. The van der Waals surface area contributed by atoms with Crippen molar-refractivity contribution in [1.29, 1.82) is 0 Å². The van der Waals surface area contributed by atoms with Crippen molar-refractivity contribution in [3.63, 3.8) is 0 Å². The first kappa shape index (κ1) is 14.9. The second kappa shape index (κ2) is 7.22. The number of carboxylic acid groups (broad SMARTS) is 1. The molecule has 2 unspecified atom stereocenters. The quantitative estimate of drug-likeness (QED) is 0.592. The van der Waals surface area contributed by atoms with Crippen LogP contribution >= 0.6 is 0 Å². The third-order valence-corrected chi connectivity index (χ3v) is 2.42. The summed E-state index contributed by atoms with van der Waals surface area (Å²) >= 11 is 0. The molecule has 0 rings (SSSR count). The molecule has 0 aromatic carbocycles. The number of nitrogens with one attached hydrogen (secondary N) is 1. The number of carbonyl (C=O) groups is 2. The van der Waals surface area contributed by atoms with Crippen molar-refractivity contribution < 1.29 is 14.7 Å². The van der Waals surface area contributed by atoms with Crippen LogP contribution in [0.15, 0.2) is 0 Å². The third kappa shape index (κ3) is 5.70. The van der Waals surface area contributed by atoms with E-state index < -0.39 is 11.9 Å². The lowest BCUT2D eigenvalue weighted by molar-refractivity contribution is -0.141. The monoisotopic (exact) mass is 230 g/mol. The van der Waals surface area contributed by atoms with E-state index in [0.29, 0.717) is 12.5 Å². The van der Waals surface area contributed by atoms with E-state index in [1.165, 1.54) is 0 Å². The number of nitrogens with two attached hydrogens (primary N) is 1. The van der Waals surface area contributed by atoms with Gasteiger partial charge in [-0.25, -0.2) is 0 Å². The van der Waals surface area contributed by atoms with Crippen molar-refractivity contribution in [2.75, 3.05) is 13.1 Å². The van der Waals surface area contributed by atoms with Crippen LogP contribution in [0.4, 0.5) is 0 Å². The molecule has 0 aliphatic carbocycles. The average Bonchev–Trinajstić information content (AvgIpc) is 2.21. The van der Waals surface area contributed by atoms with E-state index in [1.54, 1.807) is 6.92 Å². The molecule has 0 aliphatic heterocycles. The Morgan fingerprint density at radius 2 is 1.88 bits per heavy atom. The first-order chi connectivity index (χ1) is 7.38. The van der Waals surface area contributed by atoms with E-state index in [1.807, 2.05) is 13.8 Å². The highest BCUT2D eigenvalue weighted by Crippen LogP contribution is 2.10. The van der Waals surface area contributed by atoms with Crippen molar-refractivity contribution in [1.82, 2.24) is 5.32 Å². The van der Waals surface area contributed by atoms with E-state index in [0.717, 1.165) is 6.42 Å². The number of hydrogen-bond donors (Lipinski definition) is 3. The van der Waals surface area contributed by atoms with Crippen LogP contribution in [0.5, 0.6) is 0 Å². The maximum absolute atomic E-state index is 11.7. The number of hydrogen-bond acceptors (Lipinski definition) is 3. The fourth-order valence-electron chi connectivity index (χ4n) is 1.36. The van der Waals surface area contributed by atoms with Crippen LogP contribution in [-0.4, -0.2) is 30.1 Å². The Balaban J connectivity index is 4.07. The minimum atomic E-state index is -0.909. The van der Waals surface area contributed by atoms with Crippen LogP contribution in [0, 0.1) is 17.8 Å². The highest BCUT2D eigenvalue weighted by Gasteiger charge is 2.19. The summed E-state index contributed by atoms with van der Waals surface area (Å²) in [5, 5.41) is 11.3. The molecule has 0 saturated carbocycles. The summed E-state index contributed by atoms with van der Waals surface area (Å²) in [7, 11) is 0. The number of rotatable bonds is 7. The molecule has 0 aromatic rings. The van der Waals surface area contributed by atoms with E-state index in [9.17, 15) is 9.59 Å². The Morgan fingerprint density at radius 1 is 1.31 bits per heavy atom. The van der Waals surface area contributed by atoms with Crippen molar-refractivity contribution >= 4 is 11.9 Å². The van der Waals surface area contributed by atoms with Gasteiger partial charge in [-0.3, -0.25) is 9.59 Å². The van der Waals surface area contributed by atoms with Crippen LogP contribution in [-0.2, 0) is 9.59 Å². The molecule has 0 bridgehead atoms. The molecule has 0 aliphatic rings. The van der Waals surface area contributed by atoms with Gasteiger partial charge >= 0.3 is 5.97 Å². The van der Waals surface area contributed by atoms with Crippen LogP contribution in [0.1, 0.15) is 27.2 Å². The molecule has 0 radical (unpaired) electrons. The van der Waals surface area contributed by atoms with Gasteiger partial charge in [0, 0.05) is 13.1 Å². The molecule has 0 aromatic heterocycles. The molecule has 5 heteroatoms. The van der Waals surface area contributed by atoms with Gasteiger partial charge < -0.3 is 16.2 Å². The highest BCUT2D eigenvalue weighted by atomic mass is 16.4. The number of carbonyl (C=O) groups excluding carboxylic acids is 1. The predicted octanol–water partition coefficient (Wildman–Crippen LogP) is 0.444. The fourth-order valence-corrected chi connectivity index (χ4v) is 1.36. The smallest absolute Gasteiger partial charge is 0.308 e. The van der Waals surface area contributed by atoms with Crippen LogP contribution < -0.4 is 11.1 Å². The Morgan fingerprint density at radius 3 is 2.25 bits per heavy atom. The van der Waals surface area contributed by atoms with Gasteiger partial charge in [-0.1, -0.05) is 20.8 Å². The van der Waals surface area contributed by atoms with Gasteiger partial charge in [-0.05, 0) is 12.3 Å². The molecular formula is C11H22N2O3. The van der Waals surface area contributed by atoms with Crippen LogP contribution in [0.3, 0.4) is 0 Å². The largest absolute Gasteiger partial charge is 0.481 e. The van der Waals surface area contributed by atoms with Crippen molar-refractivity contribution in [3.8, 4) is 0 Å². The van der Waals surface area contributed by atoms with Crippen LogP contribution in [0.25, 0.3) is 0 Å². The Kier molecular flexibility index (Phi) is 6.72. The molecule has 0 heterocycles. The zero-order valence-corrected chi connectivity index (χ0v) is 10.2. The summed E-state index contributed by atoms with van der Waals surface area (Å²) in [5.74, 6) is -1.45. The van der Waals surface area contributed by atoms with Gasteiger partial charge in [-0.15, -0.1) is 0 Å². The summed E-state index contributed by atoms with van der Waals surface area (Å²) < 4.78 is 0. The summed E-state index contributed by atoms with van der Waals surface area (Å²) in [6.45, 7) is 6.06. The predicted molar refractivity (Wildman–Crippen MR) is 61.8 cm³/mol. The zero-order chi connectivity index (χ0) is 12.7. The van der Waals surface area contributed by atoms with Gasteiger partial charge in [0.2, 0.25) is 5.91 Å². The highest BCUT2D eigenvalue weighted by molar-refractivity contribution is 5.79. The van der Waals surface area contributed by atoms with Crippen molar-refractivity contribution in [2.24, 2.45) is 23.5 Å². The SMILES string of the molecule is CC(C)CC(CN)C(=O)NCC(C)C(=O)O. The molecule has 4 N–H and O–H groups in total. The van der Waals surface area contributed by atoms with Gasteiger partial charge in [-0.2, -0.15) is 0 Å². The van der Waals surface area contributed by atoms with E-state index in [4.69, 9.17) is 10.8 Å². The van der Waals surface area contributed by atoms with Crippen molar-refractivity contribution in [3.05, 3.63) is 0 Å². The average molecular weight is 230 g/mol. The molecule has 0 spiro atoms. The first-order valence-electron chi connectivity index (χ1n) is 5.59. The molecular weight excluding hydrogens is 208 g/mol. The first-order valence-corrected chi connectivity index (χ1v) is 5.59. The molecule has 0 saturated heterocycles. The van der Waals surface area contributed by atoms with E-state index in [-0.39, 0.29) is 18.4 Å². The lowest BCUT2D eigenvalue weighted by Gasteiger charge is -2.17. The number of amides is 1. The minimum absolute atomic E-state index is 0.149. The summed E-state index contributed by atoms with van der Waals surface area (Å²) in [5.41, 5.74) is 5.51. The molecule has 1 amide bonds. The lowest BCUT2D eigenvalue weighted by Crippen LogP contribution is -2.39. The number of carboxylic acids is 1. The van der Waals surface area contributed by atoms with E-state index >= 15 is 0 Å². The second-order valence-electron chi connectivity index (χ2n) is 4.55. The van der Waals surface area contributed by atoms with Gasteiger partial charge in [0.1, 0.15) is 0 Å². The van der Waals surface area contributed by atoms with Gasteiger partial charge in [0.15, 0.2) is 0 Å². The molecule has 16 heavy (non-hydrogen) atoms. The number of aliphatic carboxylic acids is 1. The van der Waals surface area contributed by atoms with Gasteiger partial charge in [0.25, 0.3) is 0 Å². The fraction of sp³-hybridized carbons (Fsp3) is 0.818. The zero-order valence-electron chi connectivity index (χ0n) is 10.2. The van der Waals surface area contributed by atoms with Gasteiger partial charge in [0.05, 0.1) is 11.8 Å². The molecule has 94 valence electrons. The standard InChI is InChI=1S/C11H22N2O3/c1-7(2)4-9(5-12)10(14)13-6-8(3)11(15)16/h7-9H,4-6,12H2,1-3H3,(H,13,14)(H,15,16). The second-order valence-corrected chi connectivity index (χ2v) is 4.55. The Hall–Kier alpha value is -1.10. The lowest BCUT2D eigenvalue weighted by atomic mass is 9.96. The normalized spacial score (nSPS) is 14.6. The Labute approximate surface area is 96.4 Å². The van der Waals surface area contributed by atoms with E-state index in [2.05, 4.69) is 5.32 Å². The van der Waals surface area contributed by atoms with Crippen molar-refractivity contribution in [2.45, 2.75) is 27.2 Å². The summed E-state index contributed by atoms with van der Waals surface area (Å²) in [4.78, 5) is 22.2. The maximum atomic E-state index is 11.7. The Bertz CT molecular complexity index is 241. The van der Waals surface area contributed by atoms with Crippen LogP contribution in [0.2, 0.25) is 0 Å². The minimum Gasteiger partial charge on any atom is -0.481 e. The summed E-state index contributed by atoms with van der Waals surface area (Å²) in [6, 6.07) is 0. The molecule has 0 fully saturated rings. The topological polar surface area (TPSA) is 92.4 Å². The molecule has 2 atom stereocenters. The third-order valence-electron chi connectivity index (χ3n) is 2.42. The summed E-state index contributed by atoms with van der Waals surface area (Å²) in [6.07, 6.45) is 0.726. The maximum Gasteiger partial charge on any atom is 0.308 e.